The molecule has 4 rings (SSSR count). The van der Waals surface area contributed by atoms with Gasteiger partial charge in [0, 0.05) is 26.2 Å². The lowest BCUT2D eigenvalue weighted by molar-refractivity contribution is 0.107. The fourth-order valence-electron chi connectivity index (χ4n) is 4.44. The van der Waals surface area contributed by atoms with E-state index in [4.69, 9.17) is 4.74 Å². The Bertz CT molecular complexity index is 716. The minimum Gasteiger partial charge on any atom is -0.497 e. The second-order valence-electron chi connectivity index (χ2n) is 7.57. The highest BCUT2D eigenvalue weighted by Crippen LogP contribution is 2.34. The van der Waals surface area contributed by atoms with Crippen molar-refractivity contribution in [3.63, 3.8) is 0 Å². The Balaban J connectivity index is 1.67. The lowest BCUT2D eigenvalue weighted by Gasteiger charge is -2.38. The summed E-state index contributed by atoms with van der Waals surface area (Å²) in [6, 6.07) is 8.91. The summed E-state index contributed by atoms with van der Waals surface area (Å²) >= 11 is 0. The topological polar surface area (TPSA) is 59.3 Å². The second kappa shape index (κ2) is 8.35. The number of hydrogen-bond acceptors (Lipinski definition) is 6. The van der Waals surface area contributed by atoms with Gasteiger partial charge >= 0.3 is 0 Å². The van der Waals surface area contributed by atoms with Crippen LogP contribution < -0.4 is 4.74 Å². The zero-order valence-corrected chi connectivity index (χ0v) is 16.4. The van der Waals surface area contributed by atoms with Crippen LogP contribution in [0, 0.1) is 0 Å². The average Bonchev–Trinajstić information content (AvgIpc) is 3.41. The number of ether oxygens (including phenoxy) is 1. The van der Waals surface area contributed by atoms with E-state index in [-0.39, 0.29) is 6.04 Å². The van der Waals surface area contributed by atoms with Crippen LogP contribution in [0.15, 0.2) is 24.3 Å². The van der Waals surface area contributed by atoms with E-state index in [2.05, 4.69) is 49.1 Å². The van der Waals surface area contributed by atoms with E-state index in [1.54, 1.807) is 7.11 Å². The molecule has 0 bridgehead atoms. The standard InChI is InChI=1S/C20H30N6O/c1-3-24-12-14-25(15-13-24)19(16-8-10-18(27-2)11-9-16)20-21-22-23-26(20)17-6-4-5-7-17/h8-11,17,19H,3-7,12-15H2,1-2H3/t19-/m1/s1. The molecule has 7 nitrogen and oxygen atoms in total. The molecule has 1 aliphatic heterocycles. The largest absolute Gasteiger partial charge is 0.497 e. The summed E-state index contributed by atoms with van der Waals surface area (Å²) in [5.41, 5.74) is 1.23. The van der Waals surface area contributed by atoms with E-state index >= 15 is 0 Å². The van der Waals surface area contributed by atoms with Crippen molar-refractivity contribution in [3.8, 4) is 5.75 Å². The van der Waals surface area contributed by atoms with Gasteiger partial charge < -0.3 is 9.64 Å². The van der Waals surface area contributed by atoms with Gasteiger partial charge in [0.05, 0.1) is 19.2 Å². The molecule has 1 aromatic heterocycles. The average molecular weight is 371 g/mol. The zero-order valence-electron chi connectivity index (χ0n) is 16.4. The second-order valence-corrected chi connectivity index (χ2v) is 7.57. The molecule has 2 heterocycles. The van der Waals surface area contributed by atoms with Gasteiger partial charge in [0.1, 0.15) is 5.75 Å². The highest BCUT2D eigenvalue weighted by atomic mass is 16.5. The van der Waals surface area contributed by atoms with Crippen LogP contribution in [0.5, 0.6) is 5.75 Å². The predicted molar refractivity (Wildman–Crippen MR) is 104 cm³/mol. The maximum atomic E-state index is 5.35. The Morgan fingerprint density at radius 1 is 1.07 bits per heavy atom. The number of likely N-dealkylation sites (N-methyl/N-ethyl adjacent to an activating group) is 1. The summed E-state index contributed by atoms with van der Waals surface area (Å²) in [6.07, 6.45) is 4.90. The van der Waals surface area contributed by atoms with Gasteiger partial charge in [-0.05, 0) is 47.5 Å². The Hall–Kier alpha value is -1.99. The molecule has 27 heavy (non-hydrogen) atoms. The highest BCUT2D eigenvalue weighted by molar-refractivity contribution is 5.32. The Kier molecular flexibility index (Phi) is 5.69. The van der Waals surface area contributed by atoms with Crippen molar-refractivity contribution < 1.29 is 4.74 Å². The van der Waals surface area contributed by atoms with Crippen molar-refractivity contribution in [3.05, 3.63) is 35.7 Å². The van der Waals surface area contributed by atoms with Crippen LogP contribution >= 0.6 is 0 Å². The molecular weight excluding hydrogens is 340 g/mol. The number of piperazine rings is 1. The van der Waals surface area contributed by atoms with Gasteiger partial charge in [-0.2, -0.15) is 0 Å². The molecule has 1 aliphatic carbocycles. The van der Waals surface area contributed by atoms with Gasteiger partial charge in [-0.15, -0.1) is 5.10 Å². The third-order valence-corrected chi connectivity index (χ3v) is 6.08. The molecule has 0 amide bonds. The van der Waals surface area contributed by atoms with Crippen molar-refractivity contribution in [1.29, 1.82) is 0 Å². The highest BCUT2D eigenvalue weighted by Gasteiger charge is 2.32. The lowest BCUT2D eigenvalue weighted by Crippen LogP contribution is -2.48. The summed E-state index contributed by atoms with van der Waals surface area (Å²) in [6.45, 7) is 7.59. The smallest absolute Gasteiger partial charge is 0.173 e. The minimum absolute atomic E-state index is 0.0884. The quantitative estimate of drug-likeness (QED) is 0.779. The Morgan fingerprint density at radius 3 is 2.41 bits per heavy atom. The van der Waals surface area contributed by atoms with Crippen LogP contribution in [0.3, 0.4) is 0 Å². The van der Waals surface area contributed by atoms with Crippen LogP contribution in [-0.4, -0.2) is 69.8 Å². The molecule has 2 aliphatic rings. The van der Waals surface area contributed by atoms with Crippen molar-refractivity contribution >= 4 is 0 Å². The summed E-state index contributed by atoms with van der Waals surface area (Å²) < 4.78 is 7.46. The van der Waals surface area contributed by atoms with E-state index in [0.29, 0.717) is 6.04 Å². The van der Waals surface area contributed by atoms with E-state index in [9.17, 15) is 0 Å². The number of aromatic nitrogens is 4. The molecule has 146 valence electrons. The van der Waals surface area contributed by atoms with Crippen LogP contribution in [0.25, 0.3) is 0 Å². The summed E-state index contributed by atoms with van der Waals surface area (Å²) in [5.74, 6) is 1.86. The van der Waals surface area contributed by atoms with Gasteiger partial charge in [-0.1, -0.05) is 31.9 Å². The number of benzene rings is 1. The zero-order chi connectivity index (χ0) is 18.6. The van der Waals surface area contributed by atoms with Crippen molar-refractivity contribution in [2.75, 3.05) is 39.8 Å². The molecule has 2 aromatic rings. The van der Waals surface area contributed by atoms with Crippen LogP contribution in [0.4, 0.5) is 0 Å². The van der Waals surface area contributed by atoms with E-state index in [1.807, 2.05) is 12.1 Å². The predicted octanol–water partition coefficient (Wildman–Crippen LogP) is 2.52. The number of tetrazole rings is 1. The van der Waals surface area contributed by atoms with Crippen molar-refractivity contribution in [2.24, 2.45) is 0 Å². The molecule has 1 atom stereocenters. The molecule has 7 heteroatoms. The van der Waals surface area contributed by atoms with Crippen molar-refractivity contribution in [2.45, 2.75) is 44.7 Å². The number of nitrogens with zero attached hydrogens (tertiary/aromatic N) is 6. The molecule has 2 fully saturated rings. The summed E-state index contributed by atoms with van der Waals surface area (Å²) in [5, 5.41) is 13.0. The van der Waals surface area contributed by atoms with Gasteiger partial charge in [-0.3, -0.25) is 4.90 Å². The molecule has 0 unspecified atom stereocenters. The molecule has 1 saturated heterocycles. The monoisotopic (exact) mass is 370 g/mol. The minimum atomic E-state index is 0.0884. The third-order valence-electron chi connectivity index (χ3n) is 6.08. The Morgan fingerprint density at radius 2 is 1.78 bits per heavy atom. The number of rotatable bonds is 6. The molecule has 0 radical (unpaired) electrons. The van der Waals surface area contributed by atoms with Crippen LogP contribution in [-0.2, 0) is 0 Å². The molecule has 0 spiro atoms. The first-order valence-electron chi connectivity index (χ1n) is 10.2. The summed E-state index contributed by atoms with van der Waals surface area (Å²) in [4.78, 5) is 5.03. The number of methoxy groups -OCH3 is 1. The Labute approximate surface area is 161 Å². The molecule has 0 N–H and O–H groups in total. The molecule has 1 saturated carbocycles. The molecule has 1 aromatic carbocycles. The van der Waals surface area contributed by atoms with E-state index in [1.165, 1.54) is 31.2 Å². The van der Waals surface area contributed by atoms with E-state index in [0.717, 1.165) is 44.3 Å². The van der Waals surface area contributed by atoms with Gasteiger partial charge in [0.25, 0.3) is 0 Å². The number of hydrogen-bond donors (Lipinski definition) is 0. The fourth-order valence-corrected chi connectivity index (χ4v) is 4.44. The lowest BCUT2D eigenvalue weighted by atomic mass is 10.0. The summed E-state index contributed by atoms with van der Waals surface area (Å²) in [7, 11) is 1.71. The van der Waals surface area contributed by atoms with Crippen LogP contribution in [0.2, 0.25) is 0 Å². The third kappa shape index (κ3) is 3.84. The first-order valence-corrected chi connectivity index (χ1v) is 10.2. The van der Waals surface area contributed by atoms with Gasteiger partial charge in [0.15, 0.2) is 5.82 Å². The first kappa shape index (κ1) is 18.4. The van der Waals surface area contributed by atoms with Gasteiger partial charge in [0.2, 0.25) is 0 Å². The van der Waals surface area contributed by atoms with Crippen LogP contribution in [0.1, 0.15) is 56.1 Å². The SMILES string of the molecule is CCN1CCN([C@H](c2ccc(OC)cc2)c2nnnn2C2CCCC2)CC1. The fraction of sp³-hybridized carbons (Fsp3) is 0.650. The first-order chi connectivity index (χ1) is 13.3. The van der Waals surface area contributed by atoms with E-state index < -0.39 is 0 Å². The van der Waals surface area contributed by atoms with Crippen molar-refractivity contribution in [1.82, 2.24) is 30.0 Å². The maximum absolute atomic E-state index is 5.35. The normalized spacial score (nSPS) is 20.8. The molecular formula is C20H30N6O. The maximum Gasteiger partial charge on any atom is 0.173 e. The van der Waals surface area contributed by atoms with Gasteiger partial charge in [-0.25, -0.2) is 4.68 Å².